The van der Waals surface area contributed by atoms with Gasteiger partial charge in [-0.2, -0.15) is 20.1 Å². The van der Waals surface area contributed by atoms with E-state index in [9.17, 15) is 4.79 Å². The predicted molar refractivity (Wildman–Crippen MR) is 160 cm³/mol. The van der Waals surface area contributed by atoms with Crippen LogP contribution in [0.1, 0.15) is 15.9 Å². The lowest BCUT2D eigenvalue weighted by Gasteiger charge is -2.11. The molecule has 5 aromatic rings. The number of carbonyl (C=O) groups excluding carboxylic acids is 1. The van der Waals surface area contributed by atoms with Gasteiger partial charge < -0.3 is 20.1 Å². The lowest BCUT2D eigenvalue weighted by Crippen LogP contribution is -2.10. The van der Waals surface area contributed by atoms with Gasteiger partial charge in [0.2, 0.25) is 17.8 Å². The first kappa shape index (κ1) is 27.1. The first-order chi connectivity index (χ1) is 20.1. The number of hydrogen-bond acceptors (Lipinski definition) is 10. The maximum absolute atomic E-state index is 12.6. The highest BCUT2D eigenvalue weighted by atomic mass is 35.5. The Kier molecular flexibility index (Phi) is 8.63. The van der Waals surface area contributed by atoms with Crippen molar-refractivity contribution in [1.82, 2.24) is 15.0 Å². The number of carbonyl (C=O) groups is 1. The third kappa shape index (κ3) is 7.34. The van der Waals surface area contributed by atoms with E-state index in [0.717, 1.165) is 11.4 Å². The fourth-order valence-electron chi connectivity index (χ4n) is 3.63. The summed E-state index contributed by atoms with van der Waals surface area (Å²) in [6.45, 7) is 0. The first-order valence-electron chi connectivity index (χ1n) is 12.4. The summed E-state index contributed by atoms with van der Waals surface area (Å²) in [6.07, 6.45) is 1.56. The standard InChI is InChI=1S/C30H24ClN7O3/c1-40-26-18-20(16-17-25(26)41-27(39)23-14-8-9-15-24(23)31)19-32-38-30-36-28(33-21-10-4-2-5-11-21)35-29(37-30)34-22-12-6-3-7-13-22/h2-19H,1H3,(H3,33,34,35,36,37,38). The lowest BCUT2D eigenvalue weighted by molar-refractivity contribution is 0.0730. The molecular formula is C30H24ClN7O3. The van der Waals surface area contributed by atoms with Crippen LogP contribution in [0.2, 0.25) is 5.02 Å². The Bertz CT molecular complexity index is 1610. The van der Waals surface area contributed by atoms with Crippen molar-refractivity contribution >= 4 is 53.0 Å². The second-order valence-corrected chi connectivity index (χ2v) is 8.85. The summed E-state index contributed by atoms with van der Waals surface area (Å²) in [7, 11) is 1.48. The van der Waals surface area contributed by atoms with Crippen LogP contribution in [0.3, 0.4) is 0 Å². The largest absolute Gasteiger partial charge is 0.493 e. The number of para-hydroxylation sites is 2. The third-order valence-electron chi connectivity index (χ3n) is 5.56. The molecule has 0 amide bonds. The number of nitrogens with zero attached hydrogens (tertiary/aromatic N) is 4. The molecule has 41 heavy (non-hydrogen) atoms. The second kappa shape index (κ2) is 13.0. The quantitative estimate of drug-likeness (QED) is 0.0735. The highest BCUT2D eigenvalue weighted by Gasteiger charge is 2.15. The Balaban J connectivity index is 1.32. The number of rotatable bonds is 10. The van der Waals surface area contributed by atoms with Crippen LogP contribution in [-0.2, 0) is 0 Å². The SMILES string of the molecule is COc1cc(C=NNc2nc(Nc3ccccc3)nc(Nc3ccccc3)n2)ccc1OC(=O)c1ccccc1Cl. The van der Waals surface area contributed by atoms with Crippen molar-refractivity contribution in [3.63, 3.8) is 0 Å². The van der Waals surface area contributed by atoms with E-state index in [-0.39, 0.29) is 17.3 Å². The summed E-state index contributed by atoms with van der Waals surface area (Å²) < 4.78 is 10.9. The minimum Gasteiger partial charge on any atom is -0.493 e. The Hall–Kier alpha value is -5.48. The van der Waals surface area contributed by atoms with E-state index in [1.807, 2.05) is 60.7 Å². The van der Waals surface area contributed by atoms with Crippen molar-refractivity contribution in [2.45, 2.75) is 0 Å². The number of benzene rings is 4. The van der Waals surface area contributed by atoms with Gasteiger partial charge in [-0.05, 0) is 60.2 Å². The van der Waals surface area contributed by atoms with Gasteiger partial charge in [-0.1, -0.05) is 60.1 Å². The molecule has 0 saturated heterocycles. The number of halogens is 1. The van der Waals surface area contributed by atoms with E-state index >= 15 is 0 Å². The summed E-state index contributed by atoms with van der Waals surface area (Å²) in [5.41, 5.74) is 5.41. The monoisotopic (exact) mass is 565 g/mol. The molecule has 0 unspecified atom stereocenters. The van der Waals surface area contributed by atoms with Gasteiger partial charge in [0.1, 0.15) is 0 Å². The van der Waals surface area contributed by atoms with Gasteiger partial charge in [-0.15, -0.1) is 0 Å². The molecule has 11 heteroatoms. The molecule has 0 bridgehead atoms. The highest BCUT2D eigenvalue weighted by Crippen LogP contribution is 2.29. The van der Waals surface area contributed by atoms with Gasteiger partial charge in [0.05, 0.1) is 23.9 Å². The van der Waals surface area contributed by atoms with Gasteiger partial charge in [0, 0.05) is 11.4 Å². The average Bonchev–Trinajstić information content (AvgIpc) is 2.99. The Morgan fingerprint density at radius 1 is 0.756 bits per heavy atom. The summed E-state index contributed by atoms with van der Waals surface area (Å²) >= 11 is 6.11. The topological polar surface area (TPSA) is 123 Å². The summed E-state index contributed by atoms with van der Waals surface area (Å²) in [5, 5.41) is 10.9. The van der Waals surface area contributed by atoms with Gasteiger partial charge in [-0.3, -0.25) is 0 Å². The maximum atomic E-state index is 12.6. The minimum atomic E-state index is -0.591. The zero-order chi connectivity index (χ0) is 28.4. The van der Waals surface area contributed by atoms with E-state index in [2.05, 4.69) is 36.1 Å². The van der Waals surface area contributed by atoms with Crippen LogP contribution in [0.15, 0.2) is 108 Å². The van der Waals surface area contributed by atoms with E-state index < -0.39 is 5.97 Å². The zero-order valence-corrected chi connectivity index (χ0v) is 22.5. The molecule has 0 radical (unpaired) electrons. The second-order valence-electron chi connectivity index (χ2n) is 8.44. The summed E-state index contributed by atoms with van der Waals surface area (Å²) in [4.78, 5) is 25.9. The van der Waals surface area contributed by atoms with Crippen molar-refractivity contribution in [3.05, 3.63) is 119 Å². The van der Waals surface area contributed by atoms with E-state index in [1.54, 1.807) is 48.7 Å². The number of ether oxygens (including phenoxy) is 2. The summed E-state index contributed by atoms with van der Waals surface area (Å²) in [6, 6.07) is 30.8. The van der Waals surface area contributed by atoms with E-state index in [1.165, 1.54) is 7.11 Å². The fraction of sp³-hybridized carbons (Fsp3) is 0.0333. The van der Waals surface area contributed by atoms with Gasteiger partial charge in [-0.25, -0.2) is 10.2 Å². The number of aromatic nitrogens is 3. The van der Waals surface area contributed by atoms with Crippen molar-refractivity contribution in [2.24, 2.45) is 5.10 Å². The molecule has 0 fully saturated rings. The van der Waals surface area contributed by atoms with Crippen LogP contribution in [-0.4, -0.2) is 34.2 Å². The molecule has 0 aliphatic rings. The number of anilines is 5. The molecule has 10 nitrogen and oxygen atoms in total. The first-order valence-corrected chi connectivity index (χ1v) is 12.8. The van der Waals surface area contributed by atoms with Gasteiger partial charge in [0.15, 0.2) is 11.5 Å². The Morgan fingerprint density at radius 2 is 1.34 bits per heavy atom. The van der Waals surface area contributed by atoms with Gasteiger partial charge in [0.25, 0.3) is 0 Å². The average molecular weight is 566 g/mol. The normalized spacial score (nSPS) is 10.7. The molecule has 5 rings (SSSR count). The Morgan fingerprint density at radius 3 is 1.95 bits per heavy atom. The molecule has 0 atom stereocenters. The van der Waals surface area contributed by atoms with Crippen LogP contribution in [0.4, 0.5) is 29.2 Å². The van der Waals surface area contributed by atoms with Gasteiger partial charge >= 0.3 is 5.97 Å². The lowest BCUT2D eigenvalue weighted by atomic mass is 10.2. The minimum absolute atomic E-state index is 0.213. The predicted octanol–water partition coefficient (Wildman–Crippen LogP) is 6.69. The molecule has 0 saturated carbocycles. The molecule has 0 aliphatic heterocycles. The van der Waals surface area contributed by atoms with Crippen molar-refractivity contribution in [1.29, 1.82) is 0 Å². The van der Waals surface area contributed by atoms with Crippen LogP contribution in [0.5, 0.6) is 11.5 Å². The van der Waals surface area contributed by atoms with Crippen molar-refractivity contribution in [3.8, 4) is 11.5 Å². The molecule has 1 aromatic heterocycles. The molecule has 0 aliphatic carbocycles. The van der Waals surface area contributed by atoms with E-state index in [0.29, 0.717) is 28.2 Å². The molecular weight excluding hydrogens is 542 g/mol. The number of methoxy groups -OCH3 is 1. The zero-order valence-electron chi connectivity index (χ0n) is 21.8. The molecule has 204 valence electrons. The van der Waals surface area contributed by atoms with Crippen LogP contribution in [0.25, 0.3) is 0 Å². The number of hydrazone groups is 1. The highest BCUT2D eigenvalue weighted by molar-refractivity contribution is 6.33. The van der Waals surface area contributed by atoms with Crippen LogP contribution < -0.4 is 25.5 Å². The van der Waals surface area contributed by atoms with Crippen LogP contribution in [0, 0.1) is 0 Å². The van der Waals surface area contributed by atoms with Crippen molar-refractivity contribution in [2.75, 3.05) is 23.2 Å². The third-order valence-corrected chi connectivity index (χ3v) is 5.89. The van der Waals surface area contributed by atoms with Crippen LogP contribution >= 0.6 is 11.6 Å². The molecule has 0 spiro atoms. The number of nitrogens with one attached hydrogen (secondary N) is 3. The summed E-state index contributed by atoms with van der Waals surface area (Å²) in [5.74, 6) is 0.867. The maximum Gasteiger partial charge on any atom is 0.345 e. The van der Waals surface area contributed by atoms with E-state index in [4.69, 9.17) is 21.1 Å². The number of esters is 1. The molecule has 1 heterocycles. The molecule has 4 aromatic carbocycles. The smallest absolute Gasteiger partial charge is 0.345 e. The number of hydrogen-bond donors (Lipinski definition) is 3. The molecule has 3 N–H and O–H groups in total. The van der Waals surface area contributed by atoms with Crippen molar-refractivity contribution < 1.29 is 14.3 Å². The fourth-order valence-corrected chi connectivity index (χ4v) is 3.85. The Labute approximate surface area is 241 Å².